The fraction of sp³-hybridized carbons (Fsp3) is 0.364. The molecule has 1 unspecified atom stereocenters. The van der Waals surface area contributed by atoms with Crippen LogP contribution >= 0.6 is 0 Å². The van der Waals surface area contributed by atoms with Gasteiger partial charge < -0.3 is 14.4 Å². The van der Waals surface area contributed by atoms with Crippen LogP contribution in [0.4, 0.5) is 0 Å². The fourth-order valence-electron chi connectivity index (χ4n) is 2.08. The van der Waals surface area contributed by atoms with Gasteiger partial charge in [-0.1, -0.05) is 0 Å². The lowest BCUT2D eigenvalue weighted by molar-refractivity contribution is -0.153. The van der Waals surface area contributed by atoms with E-state index in [1.807, 2.05) is 18.2 Å². The molecule has 0 bridgehead atoms. The Bertz CT molecular complexity index is 430. The van der Waals surface area contributed by atoms with Gasteiger partial charge in [-0.15, -0.1) is 0 Å². The lowest BCUT2D eigenvalue weighted by atomic mass is 9.92. The average molecular weight is 205 g/mol. The first-order valence-electron chi connectivity index (χ1n) is 4.90. The van der Waals surface area contributed by atoms with E-state index in [1.54, 1.807) is 12.0 Å². The van der Waals surface area contributed by atoms with Crippen molar-refractivity contribution in [1.82, 2.24) is 4.90 Å². The van der Waals surface area contributed by atoms with Crippen molar-refractivity contribution in [2.75, 3.05) is 13.8 Å². The third-order valence-corrected chi connectivity index (χ3v) is 3.00. The minimum atomic E-state index is 0.161. The highest BCUT2D eigenvalue weighted by Crippen LogP contribution is 2.43. The Morgan fingerprint density at radius 2 is 2.40 bits per heavy atom. The molecule has 4 nitrogen and oxygen atoms in total. The van der Waals surface area contributed by atoms with Gasteiger partial charge in [-0.05, 0) is 18.2 Å². The van der Waals surface area contributed by atoms with Crippen LogP contribution in [0, 0.1) is 0 Å². The minimum absolute atomic E-state index is 0.161. The van der Waals surface area contributed by atoms with Crippen molar-refractivity contribution in [2.24, 2.45) is 0 Å². The van der Waals surface area contributed by atoms with Crippen LogP contribution in [0.3, 0.4) is 0 Å². The SMILES string of the molecule is COc1ccc2c(c1)C1CC(=O)N1CO2. The van der Waals surface area contributed by atoms with Gasteiger partial charge in [0.1, 0.15) is 11.5 Å². The standard InChI is InChI=1S/C11H11NO3/c1-14-7-2-3-10-8(4-7)9-5-11(13)12(9)6-15-10/h2-4,9H,5-6H2,1H3. The largest absolute Gasteiger partial charge is 0.497 e. The van der Waals surface area contributed by atoms with E-state index >= 15 is 0 Å². The topological polar surface area (TPSA) is 38.8 Å². The Morgan fingerprint density at radius 3 is 3.13 bits per heavy atom. The monoisotopic (exact) mass is 205 g/mol. The highest BCUT2D eigenvalue weighted by molar-refractivity contribution is 5.84. The molecule has 2 aliphatic rings. The van der Waals surface area contributed by atoms with E-state index in [4.69, 9.17) is 9.47 Å². The van der Waals surface area contributed by atoms with Crippen LogP contribution in [0.2, 0.25) is 0 Å². The van der Waals surface area contributed by atoms with Crippen LogP contribution in [-0.2, 0) is 4.79 Å². The van der Waals surface area contributed by atoms with Crippen LogP contribution in [0.5, 0.6) is 11.5 Å². The molecule has 2 aliphatic heterocycles. The zero-order valence-electron chi connectivity index (χ0n) is 8.40. The van der Waals surface area contributed by atoms with Crippen molar-refractivity contribution in [3.63, 3.8) is 0 Å². The average Bonchev–Trinajstić information content (AvgIpc) is 2.26. The highest BCUT2D eigenvalue weighted by Gasteiger charge is 2.41. The van der Waals surface area contributed by atoms with Crippen LogP contribution in [-0.4, -0.2) is 24.6 Å². The number of β-lactam (4-membered cyclic amide) rings is 1. The van der Waals surface area contributed by atoms with Crippen LogP contribution in [0.25, 0.3) is 0 Å². The molecule has 1 fully saturated rings. The summed E-state index contributed by atoms with van der Waals surface area (Å²) in [6.45, 7) is 0.378. The quantitative estimate of drug-likeness (QED) is 0.649. The number of carbonyl (C=O) groups is 1. The van der Waals surface area contributed by atoms with Gasteiger partial charge in [0.25, 0.3) is 0 Å². The van der Waals surface area contributed by atoms with E-state index in [9.17, 15) is 4.79 Å². The Balaban J connectivity index is 2.02. The third-order valence-electron chi connectivity index (χ3n) is 3.00. The number of ether oxygens (including phenoxy) is 2. The molecule has 0 aliphatic carbocycles. The lowest BCUT2D eigenvalue weighted by Crippen LogP contribution is -2.50. The number of rotatable bonds is 1. The van der Waals surface area contributed by atoms with E-state index in [0.717, 1.165) is 17.1 Å². The number of nitrogens with zero attached hydrogens (tertiary/aromatic N) is 1. The Morgan fingerprint density at radius 1 is 1.53 bits per heavy atom. The third kappa shape index (κ3) is 1.11. The van der Waals surface area contributed by atoms with Crippen LogP contribution in [0.1, 0.15) is 18.0 Å². The van der Waals surface area contributed by atoms with E-state index < -0.39 is 0 Å². The first kappa shape index (κ1) is 8.59. The summed E-state index contributed by atoms with van der Waals surface area (Å²) in [4.78, 5) is 13.0. The molecule has 1 aromatic carbocycles. The van der Waals surface area contributed by atoms with E-state index in [2.05, 4.69) is 0 Å². The predicted octanol–water partition coefficient (Wildman–Crippen LogP) is 1.32. The first-order chi connectivity index (χ1) is 7.29. The zero-order valence-corrected chi connectivity index (χ0v) is 8.40. The molecular weight excluding hydrogens is 194 g/mol. The lowest BCUT2D eigenvalue weighted by Gasteiger charge is -2.44. The molecule has 1 aromatic rings. The molecule has 3 rings (SSSR count). The van der Waals surface area contributed by atoms with Gasteiger partial charge in [-0.25, -0.2) is 0 Å². The summed E-state index contributed by atoms with van der Waals surface area (Å²) in [5.41, 5.74) is 1.06. The van der Waals surface area contributed by atoms with Crippen LogP contribution in [0.15, 0.2) is 18.2 Å². The molecule has 0 radical (unpaired) electrons. The number of fused-ring (bicyclic) bond motifs is 3. The highest BCUT2D eigenvalue weighted by atomic mass is 16.5. The summed E-state index contributed by atoms with van der Waals surface area (Å²) in [7, 11) is 1.63. The van der Waals surface area contributed by atoms with Gasteiger partial charge in [-0.2, -0.15) is 0 Å². The Labute approximate surface area is 87.4 Å². The number of hydrogen-bond donors (Lipinski definition) is 0. The summed E-state index contributed by atoms with van der Waals surface area (Å²) >= 11 is 0. The van der Waals surface area contributed by atoms with Gasteiger partial charge in [-0.3, -0.25) is 4.79 Å². The van der Waals surface area contributed by atoms with E-state index in [1.165, 1.54) is 0 Å². The second kappa shape index (κ2) is 2.89. The number of amides is 1. The van der Waals surface area contributed by atoms with Gasteiger partial charge in [0.15, 0.2) is 6.73 Å². The molecule has 15 heavy (non-hydrogen) atoms. The van der Waals surface area contributed by atoms with Gasteiger partial charge >= 0.3 is 0 Å². The maximum Gasteiger partial charge on any atom is 0.228 e. The molecule has 2 heterocycles. The molecule has 1 saturated heterocycles. The Hall–Kier alpha value is -1.71. The number of carbonyl (C=O) groups excluding carboxylic acids is 1. The van der Waals surface area contributed by atoms with Crippen molar-refractivity contribution in [3.05, 3.63) is 23.8 Å². The number of benzene rings is 1. The van der Waals surface area contributed by atoms with Crippen molar-refractivity contribution in [3.8, 4) is 11.5 Å². The fourth-order valence-corrected chi connectivity index (χ4v) is 2.08. The van der Waals surface area contributed by atoms with E-state index in [-0.39, 0.29) is 11.9 Å². The zero-order chi connectivity index (χ0) is 10.4. The maximum absolute atomic E-state index is 11.2. The molecule has 1 amide bonds. The van der Waals surface area contributed by atoms with Gasteiger partial charge in [0.2, 0.25) is 5.91 Å². The molecular formula is C11H11NO3. The first-order valence-corrected chi connectivity index (χ1v) is 4.90. The van der Waals surface area contributed by atoms with Crippen molar-refractivity contribution < 1.29 is 14.3 Å². The summed E-state index contributed by atoms with van der Waals surface area (Å²) in [5, 5.41) is 0. The van der Waals surface area contributed by atoms with E-state index in [0.29, 0.717) is 13.2 Å². The van der Waals surface area contributed by atoms with Crippen molar-refractivity contribution in [1.29, 1.82) is 0 Å². The molecule has 0 N–H and O–H groups in total. The second-order valence-corrected chi connectivity index (χ2v) is 3.76. The molecule has 1 atom stereocenters. The summed E-state index contributed by atoms with van der Waals surface area (Å²) in [5.74, 6) is 1.83. The molecule has 78 valence electrons. The molecule has 4 heteroatoms. The molecule has 0 spiro atoms. The smallest absolute Gasteiger partial charge is 0.228 e. The number of methoxy groups -OCH3 is 1. The summed E-state index contributed by atoms with van der Waals surface area (Å²) in [6, 6.07) is 5.90. The second-order valence-electron chi connectivity index (χ2n) is 3.76. The molecule has 0 aromatic heterocycles. The minimum Gasteiger partial charge on any atom is -0.497 e. The maximum atomic E-state index is 11.2. The Kier molecular flexibility index (Phi) is 1.65. The van der Waals surface area contributed by atoms with Crippen LogP contribution < -0.4 is 9.47 Å². The number of hydrogen-bond acceptors (Lipinski definition) is 3. The summed E-state index contributed by atoms with van der Waals surface area (Å²) in [6.07, 6.45) is 0.587. The van der Waals surface area contributed by atoms with Gasteiger partial charge in [0, 0.05) is 5.56 Å². The predicted molar refractivity (Wildman–Crippen MR) is 52.7 cm³/mol. The van der Waals surface area contributed by atoms with Crippen molar-refractivity contribution >= 4 is 5.91 Å². The summed E-state index contributed by atoms with van der Waals surface area (Å²) < 4.78 is 10.6. The molecule has 0 saturated carbocycles. The van der Waals surface area contributed by atoms with Crippen molar-refractivity contribution in [2.45, 2.75) is 12.5 Å². The van der Waals surface area contributed by atoms with Gasteiger partial charge in [0.05, 0.1) is 19.6 Å². The normalized spacial score (nSPS) is 22.3.